The minimum absolute atomic E-state index is 0.0104. The number of carbonyl (C=O) groups excluding carboxylic acids is 3. The van der Waals surface area contributed by atoms with Crippen molar-refractivity contribution in [2.45, 2.75) is 154 Å². The van der Waals surface area contributed by atoms with E-state index in [0.717, 1.165) is 5.57 Å². The van der Waals surface area contributed by atoms with Gasteiger partial charge in [-0.05, 0) is 39.0 Å². The molecule has 2 rings (SSSR count). The van der Waals surface area contributed by atoms with Gasteiger partial charge in [0.15, 0.2) is 0 Å². The third-order valence-electron chi connectivity index (χ3n) is 12.3. The Hall–Kier alpha value is -2.75. The normalized spacial score (nSPS) is 34.1. The van der Waals surface area contributed by atoms with Gasteiger partial charge in [0.05, 0.1) is 48.8 Å². The van der Waals surface area contributed by atoms with Crippen LogP contribution in [0.4, 0.5) is 0 Å². The summed E-state index contributed by atoms with van der Waals surface area (Å²) in [4.78, 5) is 39.3. The number of nitrogens with zero attached hydrogens (tertiary/aromatic N) is 1. The largest absolute Gasteiger partial charge is 0.458 e. The number of hydrogen-bond acceptors (Lipinski definition) is 12. The number of Topliss-reactive ketones (excluding diaryl/α,β-unsaturated/α-hetero) is 1. The molecular formula is C45H75NO12. The van der Waals surface area contributed by atoms with E-state index in [0.29, 0.717) is 38.5 Å². The summed E-state index contributed by atoms with van der Waals surface area (Å²) < 4.78 is 36.1. The van der Waals surface area contributed by atoms with Crippen molar-refractivity contribution >= 4 is 18.2 Å². The first-order valence-electron chi connectivity index (χ1n) is 20.8. The lowest BCUT2D eigenvalue weighted by atomic mass is 9.77. The van der Waals surface area contributed by atoms with Crippen LogP contribution in [0.25, 0.3) is 0 Å². The smallest absolute Gasteiger partial charge is 0.331 e. The summed E-state index contributed by atoms with van der Waals surface area (Å²) >= 11 is 0. The molecule has 5 unspecified atom stereocenters. The number of ether oxygens (including phenoxy) is 6. The van der Waals surface area contributed by atoms with Crippen LogP contribution in [0.5, 0.6) is 0 Å². The highest BCUT2D eigenvalue weighted by Crippen LogP contribution is 2.35. The number of aliphatic hydroxyl groups excluding tert-OH is 2. The van der Waals surface area contributed by atoms with Gasteiger partial charge in [0.25, 0.3) is 0 Å². The molecule has 332 valence electrons. The van der Waals surface area contributed by atoms with E-state index in [4.69, 9.17) is 28.4 Å². The molecule has 0 aromatic carbocycles. The minimum Gasteiger partial charge on any atom is -0.458 e. The maximum atomic E-state index is 13.5. The molecule has 3 N–H and O–H groups in total. The first-order valence-corrected chi connectivity index (χ1v) is 20.8. The number of cyclic esters (lactones) is 1. The number of esters is 1. The standard InChI is InChI=1S/C45H75NO12/c1-28-16-19-34(48)24-35-14-13-15-36(57-35)25-39(54-10)45(7,52)40(55-11)26-38(53-9)32(5)44(58-41(50)21-17-28)33(6)42(51)29(2)18-20-37(49)31(4)43(56-12)30(3)22-23-46(8)27-47/h13-14,16-17,21-23,27,29-36,38-40,42-44,48,51-52H,15,18-20,24-26H2,1-12H3/b21-17+,23-22+,28-16+/t29-,30+,31-,32-,33-,34?,35?,36-,38+,39-,40?,42?,43+,44?,45-/m0/s1. The molecule has 2 heterocycles. The van der Waals surface area contributed by atoms with E-state index in [2.05, 4.69) is 0 Å². The van der Waals surface area contributed by atoms with E-state index < -0.39 is 72.1 Å². The van der Waals surface area contributed by atoms with Gasteiger partial charge in [-0.1, -0.05) is 70.6 Å². The van der Waals surface area contributed by atoms with Crippen molar-refractivity contribution in [2.75, 3.05) is 35.5 Å². The van der Waals surface area contributed by atoms with E-state index in [1.165, 1.54) is 18.1 Å². The summed E-state index contributed by atoms with van der Waals surface area (Å²) in [6.45, 7) is 12.9. The first-order chi connectivity index (χ1) is 27.3. The van der Waals surface area contributed by atoms with Gasteiger partial charge in [-0.3, -0.25) is 9.59 Å². The van der Waals surface area contributed by atoms with Gasteiger partial charge in [0.2, 0.25) is 6.41 Å². The molecule has 58 heavy (non-hydrogen) atoms. The van der Waals surface area contributed by atoms with Crippen molar-refractivity contribution in [1.82, 2.24) is 4.90 Å². The highest BCUT2D eigenvalue weighted by atomic mass is 16.6. The summed E-state index contributed by atoms with van der Waals surface area (Å²) in [5.41, 5.74) is -0.728. The number of ketones is 1. The van der Waals surface area contributed by atoms with Crippen molar-refractivity contribution in [2.24, 2.45) is 29.6 Å². The Kier molecular flexibility index (Phi) is 22.3. The number of allylic oxidation sites excluding steroid dienone is 2. The van der Waals surface area contributed by atoms with Crippen LogP contribution in [0.3, 0.4) is 0 Å². The molecule has 0 aliphatic carbocycles. The first kappa shape index (κ1) is 51.4. The number of amides is 1. The SMILES string of the molecule is COC1C[C@@H](OC)[C@H](C)C([C@@H](C)C(O)[C@@H](C)CCC(=O)[C@H](C)[C@H](OC)[C@H](C)/C=C/N(C)C=O)OC(=O)/C=C/C(C)=C/CC(O)CC2C=CC[C@@H](C[C@H](OC)[C@]1(C)O)O2. The van der Waals surface area contributed by atoms with Gasteiger partial charge in [-0.15, -0.1) is 0 Å². The van der Waals surface area contributed by atoms with Gasteiger partial charge < -0.3 is 48.6 Å². The molecule has 0 spiro atoms. The molecule has 13 nitrogen and oxygen atoms in total. The number of hydrogen-bond donors (Lipinski definition) is 3. The number of methoxy groups -OCH3 is 4. The Morgan fingerprint density at radius 2 is 1.69 bits per heavy atom. The fourth-order valence-corrected chi connectivity index (χ4v) is 8.33. The lowest BCUT2D eigenvalue weighted by Gasteiger charge is -2.42. The van der Waals surface area contributed by atoms with Crippen LogP contribution in [-0.4, -0.2) is 134 Å². The molecule has 1 amide bonds. The molecule has 0 aromatic rings. The maximum Gasteiger partial charge on any atom is 0.331 e. The molecule has 0 fully saturated rings. The summed E-state index contributed by atoms with van der Waals surface area (Å²) in [5.74, 6) is -2.64. The average Bonchev–Trinajstić information content (AvgIpc) is 3.20. The molecular weight excluding hydrogens is 746 g/mol. The van der Waals surface area contributed by atoms with Crippen molar-refractivity contribution in [1.29, 1.82) is 0 Å². The van der Waals surface area contributed by atoms with Crippen LogP contribution >= 0.6 is 0 Å². The molecule has 2 bridgehead atoms. The summed E-state index contributed by atoms with van der Waals surface area (Å²) in [6, 6.07) is 0. The fraction of sp³-hybridized carbons (Fsp3) is 0.756. The highest BCUT2D eigenvalue weighted by molar-refractivity contribution is 5.82. The van der Waals surface area contributed by atoms with Gasteiger partial charge in [-0.2, -0.15) is 0 Å². The zero-order valence-electron chi connectivity index (χ0n) is 37.1. The summed E-state index contributed by atoms with van der Waals surface area (Å²) in [5, 5.41) is 34.7. The van der Waals surface area contributed by atoms with Crippen molar-refractivity contribution < 1.29 is 58.1 Å². The second-order valence-corrected chi connectivity index (χ2v) is 16.8. The highest BCUT2D eigenvalue weighted by Gasteiger charge is 2.46. The summed E-state index contributed by atoms with van der Waals surface area (Å²) in [7, 11) is 7.81. The topological polar surface area (TPSA) is 171 Å². The van der Waals surface area contributed by atoms with Crippen LogP contribution in [0, 0.1) is 29.6 Å². The second-order valence-electron chi connectivity index (χ2n) is 16.8. The number of rotatable bonds is 16. The molecule has 0 saturated carbocycles. The van der Waals surface area contributed by atoms with Gasteiger partial charge >= 0.3 is 5.97 Å². The third kappa shape index (κ3) is 15.4. The average molecular weight is 822 g/mol. The van der Waals surface area contributed by atoms with Crippen LogP contribution in [0.2, 0.25) is 0 Å². The molecule has 2 aliphatic rings. The zero-order valence-corrected chi connectivity index (χ0v) is 37.1. The van der Waals surface area contributed by atoms with Crippen LogP contribution in [0.15, 0.2) is 48.2 Å². The lowest BCUT2D eigenvalue weighted by Crippen LogP contribution is -2.55. The predicted molar refractivity (Wildman–Crippen MR) is 223 cm³/mol. The van der Waals surface area contributed by atoms with Crippen molar-refractivity contribution in [3.8, 4) is 0 Å². The van der Waals surface area contributed by atoms with E-state index in [1.807, 2.05) is 65.8 Å². The van der Waals surface area contributed by atoms with E-state index in [-0.39, 0.29) is 42.7 Å². The predicted octanol–water partition coefficient (Wildman–Crippen LogP) is 5.35. The third-order valence-corrected chi connectivity index (χ3v) is 12.3. The Labute approximate surface area is 347 Å². The lowest BCUT2D eigenvalue weighted by molar-refractivity contribution is -0.184. The number of fused-ring (bicyclic) bond motifs is 2. The van der Waals surface area contributed by atoms with E-state index in [1.54, 1.807) is 47.6 Å². The Morgan fingerprint density at radius 1 is 1.03 bits per heavy atom. The molecule has 0 radical (unpaired) electrons. The Balaban J connectivity index is 2.40. The van der Waals surface area contributed by atoms with Crippen molar-refractivity contribution in [3.05, 3.63) is 48.2 Å². The number of aliphatic hydroxyl groups is 3. The molecule has 2 aliphatic heterocycles. The van der Waals surface area contributed by atoms with Gasteiger partial charge in [0, 0.05) is 97.1 Å². The molecule has 13 heteroatoms. The molecule has 0 saturated heterocycles. The van der Waals surface area contributed by atoms with E-state index in [9.17, 15) is 29.7 Å². The fourth-order valence-electron chi connectivity index (χ4n) is 8.33. The van der Waals surface area contributed by atoms with Crippen LogP contribution in [-0.2, 0) is 42.8 Å². The zero-order chi connectivity index (χ0) is 43.7. The molecule has 15 atom stereocenters. The minimum atomic E-state index is -1.50. The van der Waals surface area contributed by atoms with Crippen molar-refractivity contribution in [3.63, 3.8) is 0 Å². The quantitative estimate of drug-likeness (QED) is 0.104. The number of carbonyl (C=O) groups is 3. The van der Waals surface area contributed by atoms with Gasteiger partial charge in [-0.25, -0.2) is 4.79 Å². The molecule has 0 aromatic heterocycles. The van der Waals surface area contributed by atoms with Gasteiger partial charge in [0.1, 0.15) is 17.5 Å². The van der Waals surface area contributed by atoms with Crippen LogP contribution < -0.4 is 0 Å². The maximum absolute atomic E-state index is 13.5. The Bertz CT molecular complexity index is 1380. The van der Waals surface area contributed by atoms with Crippen LogP contribution in [0.1, 0.15) is 93.4 Å². The monoisotopic (exact) mass is 822 g/mol. The summed E-state index contributed by atoms with van der Waals surface area (Å²) in [6.07, 6.45) is 10.0. The van der Waals surface area contributed by atoms with E-state index >= 15 is 0 Å². The Morgan fingerprint density at radius 3 is 2.29 bits per heavy atom. The second kappa shape index (κ2) is 25.1.